The third-order valence-electron chi connectivity index (χ3n) is 6.42. The van der Waals surface area contributed by atoms with Crippen molar-refractivity contribution in [1.29, 1.82) is 0 Å². The van der Waals surface area contributed by atoms with Crippen molar-refractivity contribution in [1.82, 2.24) is 20.2 Å². The Hall–Kier alpha value is -4.85. The molecule has 5 rings (SSSR count). The number of carbonyl (C=O) groups excluding carboxylic acids is 1. The summed E-state index contributed by atoms with van der Waals surface area (Å²) in [6, 6.07) is 26.8. The SMILES string of the molecule is COc1ccc(C2=CC(c3cn(-c4ccccc4)nc3-c3ccccc3)N(C(=O)CCCC(=O)O)N2)cc1. The first kappa shape index (κ1) is 24.8. The van der Waals surface area contributed by atoms with E-state index in [4.69, 9.17) is 14.9 Å². The molecule has 0 fully saturated rings. The average molecular weight is 509 g/mol. The molecule has 192 valence electrons. The Balaban J connectivity index is 1.58. The lowest BCUT2D eigenvalue weighted by atomic mass is 10.0. The van der Waals surface area contributed by atoms with E-state index < -0.39 is 12.0 Å². The number of ether oxygens (including phenoxy) is 1. The number of methoxy groups -OCH3 is 1. The van der Waals surface area contributed by atoms with Gasteiger partial charge in [-0.15, -0.1) is 0 Å². The molecule has 8 heteroatoms. The Morgan fingerprint density at radius 2 is 1.61 bits per heavy atom. The van der Waals surface area contributed by atoms with E-state index in [0.717, 1.165) is 39.5 Å². The summed E-state index contributed by atoms with van der Waals surface area (Å²) in [5.41, 5.74) is 8.40. The van der Waals surface area contributed by atoms with Gasteiger partial charge in [0, 0.05) is 30.2 Å². The fourth-order valence-electron chi connectivity index (χ4n) is 4.50. The van der Waals surface area contributed by atoms with Crippen molar-refractivity contribution >= 4 is 17.6 Å². The van der Waals surface area contributed by atoms with Gasteiger partial charge in [-0.05, 0) is 54.5 Å². The summed E-state index contributed by atoms with van der Waals surface area (Å²) in [4.78, 5) is 24.4. The van der Waals surface area contributed by atoms with Crippen molar-refractivity contribution < 1.29 is 19.4 Å². The maximum absolute atomic E-state index is 13.4. The number of para-hydroxylation sites is 1. The molecule has 2 N–H and O–H groups in total. The standard InChI is InChI=1S/C30H28N4O4/c1-38-24-17-15-21(16-18-24)26-19-27(34(31-26)28(35)13-8-14-29(36)37)25-20-33(23-11-6-3-7-12-23)32-30(25)22-9-4-2-5-10-22/h2-7,9-12,15-20,27,31H,8,13-14H2,1H3,(H,36,37). The van der Waals surface area contributed by atoms with Gasteiger partial charge >= 0.3 is 5.97 Å². The second kappa shape index (κ2) is 11.0. The summed E-state index contributed by atoms with van der Waals surface area (Å²) in [6.45, 7) is 0. The second-order valence-corrected chi connectivity index (χ2v) is 8.96. The molecule has 1 aliphatic rings. The third-order valence-corrected chi connectivity index (χ3v) is 6.42. The molecule has 1 aliphatic heterocycles. The number of aliphatic carboxylic acids is 1. The van der Waals surface area contributed by atoms with Crippen LogP contribution < -0.4 is 10.2 Å². The fraction of sp³-hybridized carbons (Fsp3) is 0.167. The zero-order chi connectivity index (χ0) is 26.5. The van der Waals surface area contributed by atoms with Crippen LogP contribution in [0.15, 0.2) is 97.2 Å². The minimum Gasteiger partial charge on any atom is -0.497 e. The Labute approximate surface area is 220 Å². The Bertz CT molecular complexity index is 1450. The van der Waals surface area contributed by atoms with Gasteiger partial charge in [0.2, 0.25) is 5.91 Å². The molecular formula is C30H28N4O4. The number of rotatable bonds is 9. The molecule has 4 aromatic rings. The highest BCUT2D eigenvalue weighted by atomic mass is 16.5. The van der Waals surface area contributed by atoms with E-state index in [1.54, 1.807) is 12.1 Å². The van der Waals surface area contributed by atoms with E-state index in [0.29, 0.717) is 0 Å². The van der Waals surface area contributed by atoms with E-state index in [-0.39, 0.29) is 25.2 Å². The highest BCUT2D eigenvalue weighted by Crippen LogP contribution is 2.37. The third kappa shape index (κ3) is 5.29. The number of aromatic nitrogens is 2. The zero-order valence-corrected chi connectivity index (χ0v) is 20.9. The average Bonchev–Trinajstić information content (AvgIpc) is 3.59. The predicted molar refractivity (Wildman–Crippen MR) is 144 cm³/mol. The van der Waals surface area contributed by atoms with Crippen molar-refractivity contribution in [2.24, 2.45) is 0 Å². The molecule has 0 aliphatic carbocycles. The Morgan fingerprint density at radius 3 is 2.26 bits per heavy atom. The number of carboxylic acid groups (broad SMARTS) is 1. The van der Waals surface area contributed by atoms with E-state index in [1.807, 2.05) is 102 Å². The van der Waals surface area contributed by atoms with Gasteiger partial charge < -0.3 is 9.84 Å². The van der Waals surface area contributed by atoms with Crippen LogP contribution >= 0.6 is 0 Å². The van der Waals surface area contributed by atoms with E-state index >= 15 is 0 Å². The van der Waals surface area contributed by atoms with Gasteiger partial charge in [-0.2, -0.15) is 5.10 Å². The smallest absolute Gasteiger partial charge is 0.303 e. The maximum atomic E-state index is 13.4. The number of benzene rings is 3. The maximum Gasteiger partial charge on any atom is 0.303 e. The molecule has 8 nitrogen and oxygen atoms in total. The molecule has 0 radical (unpaired) electrons. The fourth-order valence-corrected chi connectivity index (χ4v) is 4.50. The first-order chi connectivity index (χ1) is 18.5. The van der Waals surface area contributed by atoms with Crippen molar-refractivity contribution in [3.63, 3.8) is 0 Å². The van der Waals surface area contributed by atoms with Crippen LogP contribution in [-0.2, 0) is 9.59 Å². The number of hydrogen-bond acceptors (Lipinski definition) is 5. The van der Waals surface area contributed by atoms with Crippen LogP contribution in [0.1, 0.15) is 36.4 Å². The van der Waals surface area contributed by atoms with Crippen LogP contribution in [0.2, 0.25) is 0 Å². The van der Waals surface area contributed by atoms with Gasteiger partial charge in [-0.3, -0.25) is 15.0 Å². The molecule has 0 bridgehead atoms. The lowest BCUT2D eigenvalue weighted by Gasteiger charge is -2.25. The summed E-state index contributed by atoms with van der Waals surface area (Å²) in [5, 5.41) is 15.6. The van der Waals surface area contributed by atoms with Gasteiger partial charge in [-0.1, -0.05) is 48.5 Å². The number of carbonyl (C=O) groups is 2. The monoisotopic (exact) mass is 508 g/mol. The molecule has 38 heavy (non-hydrogen) atoms. The van der Waals surface area contributed by atoms with Gasteiger partial charge in [0.25, 0.3) is 0 Å². The number of nitrogens with zero attached hydrogens (tertiary/aromatic N) is 3. The molecule has 0 saturated carbocycles. The lowest BCUT2D eigenvalue weighted by Crippen LogP contribution is -2.39. The molecule has 0 spiro atoms. The number of hydrogen-bond donors (Lipinski definition) is 2. The minimum absolute atomic E-state index is 0.0653. The number of nitrogens with one attached hydrogen (secondary N) is 1. The highest BCUT2D eigenvalue weighted by Gasteiger charge is 2.34. The molecule has 2 heterocycles. The number of hydrazine groups is 1. The normalized spacial score (nSPS) is 14.6. The van der Waals surface area contributed by atoms with Gasteiger partial charge in [0.05, 0.1) is 24.2 Å². The first-order valence-corrected chi connectivity index (χ1v) is 12.4. The van der Waals surface area contributed by atoms with Gasteiger partial charge in [0.15, 0.2) is 0 Å². The molecule has 1 aromatic heterocycles. The van der Waals surface area contributed by atoms with Crippen LogP contribution in [0, 0.1) is 0 Å². The highest BCUT2D eigenvalue weighted by molar-refractivity contribution is 5.82. The van der Waals surface area contributed by atoms with Crippen LogP contribution in [0.4, 0.5) is 0 Å². The van der Waals surface area contributed by atoms with Crippen molar-refractivity contribution in [3.8, 4) is 22.7 Å². The molecule has 1 unspecified atom stereocenters. The second-order valence-electron chi connectivity index (χ2n) is 8.96. The predicted octanol–water partition coefficient (Wildman–Crippen LogP) is 5.23. The molecule has 3 aromatic carbocycles. The summed E-state index contributed by atoms with van der Waals surface area (Å²) >= 11 is 0. The molecule has 1 atom stereocenters. The molecule has 0 saturated heterocycles. The quantitative estimate of drug-likeness (QED) is 0.321. The topological polar surface area (TPSA) is 96.7 Å². The largest absolute Gasteiger partial charge is 0.497 e. The summed E-state index contributed by atoms with van der Waals surface area (Å²) < 4.78 is 7.11. The molecule has 1 amide bonds. The summed E-state index contributed by atoms with van der Waals surface area (Å²) in [6.07, 6.45) is 4.26. The van der Waals surface area contributed by atoms with Crippen molar-refractivity contribution in [2.75, 3.05) is 7.11 Å². The van der Waals surface area contributed by atoms with Crippen LogP contribution in [-0.4, -0.2) is 38.9 Å². The first-order valence-electron chi connectivity index (χ1n) is 12.4. The van der Waals surface area contributed by atoms with Crippen molar-refractivity contribution in [3.05, 3.63) is 108 Å². The van der Waals surface area contributed by atoms with Gasteiger partial charge in [0.1, 0.15) is 11.8 Å². The zero-order valence-electron chi connectivity index (χ0n) is 20.9. The Kier molecular flexibility index (Phi) is 7.21. The van der Waals surface area contributed by atoms with Gasteiger partial charge in [-0.25, -0.2) is 9.69 Å². The summed E-state index contributed by atoms with van der Waals surface area (Å²) in [7, 11) is 1.62. The van der Waals surface area contributed by atoms with Crippen LogP contribution in [0.25, 0.3) is 22.6 Å². The van der Waals surface area contributed by atoms with Crippen LogP contribution in [0.5, 0.6) is 5.75 Å². The number of amides is 1. The lowest BCUT2D eigenvalue weighted by molar-refractivity contribution is -0.137. The van der Waals surface area contributed by atoms with E-state index in [1.165, 1.54) is 0 Å². The summed E-state index contributed by atoms with van der Waals surface area (Å²) in [5.74, 6) is -0.375. The Morgan fingerprint density at radius 1 is 0.921 bits per heavy atom. The number of carboxylic acids is 1. The van der Waals surface area contributed by atoms with E-state index in [9.17, 15) is 9.59 Å². The minimum atomic E-state index is -0.920. The van der Waals surface area contributed by atoms with Crippen LogP contribution in [0.3, 0.4) is 0 Å². The van der Waals surface area contributed by atoms with Crippen molar-refractivity contribution in [2.45, 2.75) is 25.3 Å². The van der Waals surface area contributed by atoms with E-state index in [2.05, 4.69) is 5.43 Å². The molecular weight excluding hydrogens is 480 g/mol.